The highest BCUT2D eigenvalue weighted by Gasteiger charge is 2.17. The van der Waals surface area contributed by atoms with Crippen LogP contribution in [0.1, 0.15) is 23.2 Å². The van der Waals surface area contributed by atoms with Gasteiger partial charge in [-0.1, -0.05) is 0 Å². The minimum absolute atomic E-state index is 0.316. The molecule has 136 valence electrons. The van der Waals surface area contributed by atoms with Gasteiger partial charge in [0.15, 0.2) is 6.29 Å². The van der Waals surface area contributed by atoms with Crippen molar-refractivity contribution in [1.82, 2.24) is 5.48 Å². The molecule has 2 aromatic carbocycles. The Labute approximate surface area is 152 Å². The molecule has 0 aromatic heterocycles. The van der Waals surface area contributed by atoms with Crippen molar-refractivity contribution < 1.29 is 14.4 Å². The first kappa shape index (κ1) is 18.0. The topological polar surface area (TPSA) is 75.5 Å². The molecule has 1 unspecified atom stereocenters. The molecule has 0 aliphatic carbocycles. The second-order valence-electron chi connectivity index (χ2n) is 6.15. The number of hydrogen-bond acceptors (Lipinski definition) is 6. The maximum Gasteiger partial charge on any atom is 0.274 e. The van der Waals surface area contributed by atoms with Gasteiger partial charge in [0.1, 0.15) is 0 Å². The van der Waals surface area contributed by atoms with E-state index in [-0.39, 0.29) is 12.2 Å². The fourth-order valence-electron chi connectivity index (χ4n) is 2.43. The molecule has 26 heavy (non-hydrogen) atoms. The maximum absolute atomic E-state index is 12.0. The van der Waals surface area contributed by atoms with Crippen LogP contribution in [0.25, 0.3) is 0 Å². The average Bonchev–Trinajstić information content (AvgIpc) is 3.19. The van der Waals surface area contributed by atoms with Gasteiger partial charge in [-0.3, -0.25) is 4.79 Å². The van der Waals surface area contributed by atoms with Gasteiger partial charge in [-0.15, -0.1) is 0 Å². The summed E-state index contributed by atoms with van der Waals surface area (Å²) >= 11 is 0. The van der Waals surface area contributed by atoms with Gasteiger partial charge in [0, 0.05) is 31.8 Å². The lowest BCUT2D eigenvalue weighted by atomic mass is 10.2. The van der Waals surface area contributed by atoms with Crippen molar-refractivity contribution in [2.24, 2.45) is 10.2 Å². The summed E-state index contributed by atoms with van der Waals surface area (Å²) in [5.74, 6) is -0.316. The van der Waals surface area contributed by atoms with E-state index in [4.69, 9.17) is 9.57 Å². The summed E-state index contributed by atoms with van der Waals surface area (Å²) in [7, 11) is 3.97. The van der Waals surface area contributed by atoms with Crippen LogP contribution >= 0.6 is 0 Å². The van der Waals surface area contributed by atoms with Gasteiger partial charge in [-0.2, -0.15) is 10.2 Å². The lowest BCUT2D eigenvalue weighted by Gasteiger charge is -2.11. The molecule has 3 rings (SSSR count). The van der Waals surface area contributed by atoms with Crippen LogP contribution in [0.15, 0.2) is 58.8 Å². The first-order valence-electron chi connectivity index (χ1n) is 8.48. The molecule has 0 spiro atoms. The largest absolute Gasteiger partial charge is 0.378 e. The number of amides is 1. The van der Waals surface area contributed by atoms with Crippen LogP contribution in [0.5, 0.6) is 0 Å². The second-order valence-corrected chi connectivity index (χ2v) is 6.15. The molecule has 1 saturated heterocycles. The van der Waals surface area contributed by atoms with E-state index >= 15 is 0 Å². The molecule has 0 bridgehead atoms. The number of carbonyl (C=O) groups is 1. The molecule has 7 heteroatoms. The maximum atomic E-state index is 12.0. The zero-order chi connectivity index (χ0) is 18.4. The summed E-state index contributed by atoms with van der Waals surface area (Å²) in [6, 6.07) is 14.6. The molecule has 0 saturated carbocycles. The monoisotopic (exact) mass is 354 g/mol. The smallest absolute Gasteiger partial charge is 0.274 e. The van der Waals surface area contributed by atoms with Gasteiger partial charge in [-0.25, -0.2) is 10.3 Å². The minimum atomic E-state index is -0.356. The lowest BCUT2D eigenvalue weighted by molar-refractivity contribution is -0.142. The van der Waals surface area contributed by atoms with Crippen LogP contribution in [0.4, 0.5) is 17.1 Å². The summed E-state index contributed by atoms with van der Waals surface area (Å²) < 4.78 is 5.29. The van der Waals surface area contributed by atoms with Crippen LogP contribution in [0.2, 0.25) is 0 Å². The molecule has 1 fully saturated rings. The number of hydroxylamine groups is 1. The lowest BCUT2D eigenvalue weighted by Crippen LogP contribution is -2.29. The van der Waals surface area contributed by atoms with Crippen molar-refractivity contribution in [2.75, 3.05) is 25.6 Å². The predicted octanol–water partition coefficient (Wildman–Crippen LogP) is 3.97. The van der Waals surface area contributed by atoms with Crippen LogP contribution in [0.3, 0.4) is 0 Å². The number of benzene rings is 2. The van der Waals surface area contributed by atoms with E-state index < -0.39 is 0 Å². The van der Waals surface area contributed by atoms with E-state index in [1.54, 1.807) is 24.3 Å². The minimum Gasteiger partial charge on any atom is -0.378 e. The Morgan fingerprint density at radius 1 is 1.08 bits per heavy atom. The molecular formula is C19H22N4O3. The van der Waals surface area contributed by atoms with Crippen molar-refractivity contribution in [3.63, 3.8) is 0 Å². The van der Waals surface area contributed by atoms with E-state index in [1.165, 1.54) is 0 Å². The van der Waals surface area contributed by atoms with Gasteiger partial charge in [0.05, 0.1) is 18.0 Å². The average molecular weight is 354 g/mol. The van der Waals surface area contributed by atoms with E-state index in [1.807, 2.05) is 43.3 Å². The van der Waals surface area contributed by atoms with Crippen LogP contribution in [0, 0.1) is 0 Å². The van der Waals surface area contributed by atoms with Crippen molar-refractivity contribution >= 4 is 23.0 Å². The Balaban J connectivity index is 1.55. The number of rotatable bonds is 6. The van der Waals surface area contributed by atoms with E-state index in [0.717, 1.165) is 24.2 Å². The van der Waals surface area contributed by atoms with E-state index in [2.05, 4.69) is 15.7 Å². The quantitative estimate of drug-likeness (QED) is 0.629. The molecule has 1 aliphatic rings. The first-order chi connectivity index (χ1) is 12.6. The number of azo groups is 1. The highest BCUT2D eigenvalue weighted by Crippen LogP contribution is 2.21. The van der Waals surface area contributed by atoms with Crippen molar-refractivity contribution in [3.8, 4) is 0 Å². The summed E-state index contributed by atoms with van der Waals surface area (Å²) in [6.07, 6.45) is 1.37. The van der Waals surface area contributed by atoms with Crippen molar-refractivity contribution in [1.29, 1.82) is 0 Å². The summed E-state index contributed by atoms with van der Waals surface area (Å²) in [4.78, 5) is 19.3. The molecule has 7 nitrogen and oxygen atoms in total. The molecule has 1 atom stereocenters. The van der Waals surface area contributed by atoms with Crippen molar-refractivity contribution in [2.45, 2.75) is 19.1 Å². The normalized spacial score (nSPS) is 16.8. The Kier molecular flexibility index (Phi) is 5.93. The van der Waals surface area contributed by atoms with Crippen LogP contribution < -0.4 is 10.4 Å². The van der Waals surface area contributed by atoms with Crippen molar-refractivity contribution in [3.05, 3.63) is 54.1 Å². The Bertz CT molecular complexity index is 751. The van der Waals surface area contributed by atoms with Gasteiger partial charge in [0.2, 0.25) is 0 Å². The predicted molar refractivity (Wildman–Crippen MR) is 98.9 cm³/mol. The van der Waals surface area contributed by atoms with E-state index in [9.17, 15) is 4.79 Å². The zero-order valence-corrected chi connectivity index (χ0v) is 14.9. The molecule has 1 aliphatic heterocycles. The zero-order valence-electron chi connectivity index (χ0n) is 14.9. The van der Waals surface area contributed by atoms with Crippen LogP contribution in [-0.2, 0) is 9.57 Å². The standard InChI is InChI=1S/C19H22N4O3/c1-23(2)17-11-9-16(10-12-17)21-20-15-7-5-14(6-8-15)19(24)22-26-18-4-3-13-25-18/h5-12,18H,3-4,13H2,1-2H3,(H,22,24)/b21-20+. The van der Waals surface area contributed by atoms with E-state index in [0.29, 0.717) is 17.9 Å². The number of nitrogens with zero attached hydrogens (tertiary/aromatic N) is 3. The summed E-state index contributed by atoms with van der Waals surface area (Å²) in [5, 5.41) is 8.39. The Morgan fingerprint density at radius 3 is 2.23 bits per heavy atom. The van der Waals surface area contributed by atoms with Gasteiger partial charge in [-0.05, 0) is 55.0 Å². The molecule has 0 radical (unpaired) electrons. The summed E-state index contributed by atoms with van der Waals surface area (Å²) in [6.45, 7) is 0.665. The van der Waals surface area contributed by atoms with Gasteiger partial charge in [0.25, 0.3) is 5.91 Å². The fourth-order valence-corrected chi connectivity index (χ4v) is 2.43. The number of anilines is 1. The van der Waals surface area contributed by atoms with Gasteiger partial charge >= 0.3 is 0 Å². The Hall–Kier alpha value is -2.77. The van der Waals surface area contributed by atoms with Crippen LogP contribution in [-0.4, -0.2) is 32.9 Å². The highest BCUT2D eigenvalue weighted by molar-refractivity contribution is 5.93. The molecule has 2 aromatic rings. The number of ether oxygens (including phenoxy) is 1. The SMILES string of the molecule is CN(C)c1ccc(/N=N/c2ccc(C(=O)NOC3CCCO3)cc2)cc1. The highest BCUT2D eigenvalue weighted by atomic mass is 16.8. The van der Waals surface area contributed by atoms with Gasteiger partial charge < -0.3 is 9.64 Å². The fraction of sp³-hybridized carbons (Fsp3) is 0.316. The third kappa shape index (κ3) is 4.87. The molecular weight excluding hydrogens is 332 g/mol. The Morgan fingerprint density at radius 2 is 1.69 bits per heavy atom. The molecule has 1 N–H and O–H groups in total. The number of carbonyl (C=O) groups excluding carboxylic acids is 1. The third-order valence-electron chi connectivity index (χ3n) is 3.95. The first-order valence-corrected chi connectivity index (χ1v) is 8.48. The number of nitrogens with one attached hydrogen (secondary N) is 1. The number of hydrogen-bond donors (Lipinski definition) is 1. The third-order valence-corrected chi connectivity index (χ3v) is 3.95. The molecule has 1 heterocycles. The molecule has 1 amide bonds. The summed E-state index contributed by atoms with van der Waals surface area (Å²) in [5.41, 5.74) is 5.43. The second kappa shape index (κ2) is 8.55.